The van der Waals surface area contributed by atoms with Crippen LogP contribution in [0.1, 0.15) is 6.42 Å². The van der Waals surface area contributed by atoms with E-state index in [0.29, 0.717) is 22.9 Å². The zero-order valence-corrected chi connectivity index (χ0v) is 12.0. The van der Waals surface area contributed by atoms with Gasteiger partial charge in [-0.1, -0.05) is 11.6 Å². The summed E-state index contributed by atoms with van der Waals surface area (Å²) in [6, 6.07) is 4.11. The van der Waals surface area contributed by atoms with Gasteiger partial charge in [-0.3, -0.25) is 4.79 Å². The maximum Gasteiger partial charge on any atom is 0.406 e. The fourth-order valence-electron chi connectivity index (χ4n) is 2.23. The van der Waals surface area contributed by atoms with Crippen molar-refractivity contribution in [2.75, 3.05) is 25.5 Å². The first-order valence-electron chi connectivity index (χ1n) is 6.26. The second-order valence-electron chi connectivity index (χ2n) is 4.71. The number of halogens is 4. The molecule has 0 radical (unpaired) electrons. The van der Waals surface area contributed by atoms with E-state index in [4.69, 9.17) is 16.3 Å². The molecule has 116 valence electrons. The van der Waals surface area contributed by atoms with Gasteiger partial charge in [-0.05, 0) is 24.6 Å². The molecule has 0 bridgehead atoms. The summed E-state index contributed by atoms with van der Waals surface area (Å²) in [5.41, 5.74) is 0.484. The number of rotatable bonds is 4. The summed E-state index contributed by atoms with van der Waals surface area (Å²) >= 11 is 5.87. The Labute approximate surface area is 124 Å². The highest BCUT2D eigenvalue weighted by Gasteiger charge is 2.39. The van der Waals surface area contributed by atoms with E-state index in [1.54, 1.807) is 18.2 Å². The number of nitrogens with one attached hydrogen (secondary N) is 1. The third-order valence-corrected chi connectivity index (χ3v) is 3.39. The quantitative estimate of drug-likeness (QED) is 0.926. The van der Waals surface area contributed by atoms with Crippen molar-refractivity contribution in [2.24, 2.45) is 0 Å². The van der Waals surface area contributed by atoms with Gasteiger partial charge in [0, 0.05) is 11.6 Å². The summed E-state index contributed by atoms with van der Waals surface area (Å²) in [4.78, 5) is 12.8. The van der Waals surface area contributed by atoms with Crippen LogP contribution in [0.2, 0.25) is 5.02 Å². The lowest BCUT2D eigenvalue weighted by Gasteiger charge is -2.19. The standard InChI is InChI=1S/C13H14ClF3N2O2/c1-21-11-3-2-8(14)6-10(11)18-9-4-5-19(12(9)20)7-13(15,16)17/h2-3,6,9,18H,4-5,7H2,1H3/t9-/m1/s1. The number of hydrogen-bond donors (Lipinski definition) is 1. The lowest BCUT2D eigenvalue weighted by atomic mass is 10.2. The topological polar surface area (TPSA) is 41.6 Å². The van der Waals surface area contributed by atoms with E-state index in [2.05, 4.69) is 5.32 Å². The Kier molecular flexibility index (Phi) is 4.51. The van der Waals surface area contributed by atoms with Gasteiger partial charge in [-0.15, -0.1) is 0 Å². The largest absolute Gasteiger partial charge is 0.495 e. The molecule has 0 unspecified atom stereocenters. The molecule has 4 nitrogen and oxygen atoms in total. The predicted octanol–water partition coefficient (Wildman–Crippen LogP) is 2.92. The smallest absolute Gasteiger partial charge is 0.406 e. The van der Waals surface area contributed by atoms with Crippen molar-refractivity contribution in [1.29, 1.82) is 0 Å². The number of carbonyl (C=O) groups is 1. The van der Waals surface area contributed by atoms with E-state index in [1.165, 1.54) is 7.11 Å². The second-order valence-corrected chi connectivity index (χ2v) is 5.14. The summed E-state index contributed by atoms with van der Waals surface area (Å²) in [7, 11) is 1.46. The number of ether oxygens (including phenoxy) is 1. The first-order chi connectivity index (χ1) is 9.80. The maximum absolute atomic E-state index is 12.4. The van der Waals surface area contributed by atoms with Crippen LogP contribution >= 0.6 is 11.6 Å². The number of likely N-dealkylation sites (tertiary alicyclic amines) is 1. The van der Waals surface area contributed by atoms with Gasteiger partial charge in [-0.2, -0.15) is 13.2 Å². The number of alkyl halides is 3. The highest BCUT2D eigenvalue weighted by Crippen LogP contribution is 2.30. The van der Waals surface area contributed by atoms with Crippen LogP contribution in [-0.2, 0) is 4.79 Å². The first-order valence-corrected chi connectivity index (χ1v) is 6.63. The number of benzene rings is 1. The Balaban J connectivity index is 2.08. The highest BCUT2D eigenvalue weighted by molar-refractivity contribution is 6.30. The SMILES string of the molecule is COc1ccc(Cl)cc1N[C@@H]1CCN(CC(F)(F)F)C1=O. The van der Waals surface area contributed by atoms with Crippen molar-refractivity contribution in [3.05, 3.63) is 23.2 Å². The Bertz CT molecular complexity index is 537. The average molecular weight is 323 g/mol. The van der Waals surface area contributed by atoms with E-state index < -0.39 is 24.7 Å². The minimum Gasteiger partial charge on any atom is -0.495 e. The molecule has 1 aliphatic rings. The molecule has 21 heavy (non-hydrogen) atoms. The molecule has 1 saturated heterocycles. The van der Waals surface area contributed by atoms with Crippen molar-refractivity contribution < 1.29 is 22.7 Å². The molecule has 0 saturated carbocycles. The van der Waals surface area contributed by atoms with E-state index in [1.807, 2.05) is 0 Å². The van der Waals surface area contributed by atoms with Gasteiger partial charge in [0.25, 0.3) is 0 Å². The van der Waals surface area contributed by atoms with Gasteiger partial charge in [0.2, 0.25) is 5.91 Å². The molecule has 0 aromatic heterocycles. The lowest BCUT2D eigenvalue weighted by molar-refractivity contribution is -0.157. The first kappa shape index (κ1) is 15.8. The molecule has 2 rings (SSSR count). The molecule has 1 aliphatic heterocycles. The lowest BCUT2D eigenvalue weighted by Crippen LogP contribution is -2.39. The number of hydrogen-bond acceptors (Lipinski definition) is 3. The Morgan fingerprint density at radius 1 is 1.48 bits per heavy atom. The van der Waals surface area contributed by atoms with Gasteiger partial charge in [0.1, 0.15) is 18.3 Å². The number of nitrogens with zero attached hydrogens (tertiary/aromatic N) is 1. The van der Waals surface area contributed by atoms with Crippen LogP contribution in [0, 0.1) is 0 Å². The van der Waals surface area contributed by atoms with Crippen LogP contribution in [0.15, 0.2) is 18.2 Å². The zero-order chi connectivity index (χ0) is 15.6. The molecule has 1 atom stereocenters. The van der Waals surface area contributed by atoms with Gasteiger partial charge < -0.3 is 15.0 Å². The number of amides is 1. The Morgan fingerprint density at radius 3 is 2.81 bits per heavy atom. The molecule has 1 heterocycles. The van der Waals surface area contributed by atoms with Crippen LogP contribution < -0.4 is 10.1 Å². The van der Waals surface area contributed by atoms with Crippen molar-refractivity contribution >= 4 is 23.2 Å². The van der Waals surface area contributed by atoms with Crippen LogP contribution in [-0.4, -0.2) is 43.2 Å². The third-order valence-electron chi connectivity index (χ3n) is 3.16. The predicted molar refractivity (Wildman–Crippen MR) is 72.7 cm³/mol. The Hall–Kier alpha value is -1.63. The van der Waals surface area contributed by atoms with Gasteiger partial charge in [-0.25, -0.2) is 0 Å². The van der Waals surface area contributed by atoms with E-state index in [9.17, 15) is 18.0 Å². The van der Waals surface area contributed by atoms with Crippen molar-refractivity contribution in [3.8, 4) is 5.75 Å². The van der Waals surface area contributed by atoms with Crippen LogP contribution in [0.5, 0.6) is 5.75 Å². The fourth-order valence-corrected chi connectivity index (χ4v) is 2.40. The van der Waals surface area contributed by atoms with Crippen LogP contribution in [0.25, 0.3) is 0 Å². The Morgan fingerprint density at radius 2 is 2.19 bits per heavy atom. The summed E-state index contributed by atoms with van der Waals surface area (Å²) in [5.74, 6) is -0.101. The highest BCUT2D eigenvalue weighted by atomic mass is 35.5. The van der Waals surface area contributed by atoms with Gasteiger partial charge in [0.15, 0.2) is 0 Å². The van der Waals surface area contributed by atoms with Crippen molar-refractivity contribution in [3.63, 3.8) is 0 Å². The number of methoxy groups -OCH3 is 1. The summed E-state index contributed by atoms with van der Waals surface area (Å²) in [6.45, 7) is -1.16. The minimum atomic E-state index is -4.39. The van der Waals surface area contributed by atoms with Crippen molar-refractivity contribution in [1.82, 2.24) is 4.90 Å². The molecule has 1 fully saturated rings. The average Bonchev–Trinajstić information content (AvgIpc) is 2.70. The molecule has 1 N–H and O–H groups in total. The number of anilines is 1. The molecule has 0 spiro atoms. The zero-order valence-electron chi connectivity index (χ0n) is 11.2. The molecule has 0 aliphatic carbocycles. The summed E-state index contributed by atoms with van der Waals surface area (Å²) in [6.07, 6.45) is -4.09. The van der Waals surface area contributed by atoms with E-state index in [0.717, 1.165) is 4.90 Å². The molecule has 1 amide bonds. The molecule has 1 aromatic rings. The monoisotopic (exact) mass is 322 g/mol. The molecule has 1 aromatic carbocycles. The van der Waals surface area contributed by atoms with Gasteiger partial charge >= 0.3 is 6.18 Å². The molecule has 8 heteroatoms. The third kappa shape index (κ3) is 3.93. The number of carbonyl (C=O) groups excluding carboxylic acids is 1. The van der Waals surface area contributed by atoms with Crippen LogP contribution in [0.4, 0.5) is 18.9 Å². The van der Waals surface area contributed by atoms with Crippen LogP contribution in [0.3, 0.4) is 0 Å². The summed E-state index contributed by atoms with van der Waals surface area (Å²) < 4.78 is 42.2. The summed E-state index contributed by atoms with van der Waals surface area (Å²) in [5, 5.41) is 3.34. The molecular weight excluding hydrogens is 309 g/mol. The minimum absolute atomic E-state index is 0.0683. The normalized spacial score (nSPS) is 19.0. The van der Waals surface area contributed by atoms with Gasteiger partial charge in [0.05, 0.1) is 12.8 Å². The second kappa shape index (κ2) is 6.01. The maximum atomic E-state index is 12.4. The van der Waals surface area contributed by atoms with Crippen molar-refractivity contribution in [2.45, 2.75) is 18.6 Å². The molecular formula is C13H14ClF3N2O2. The van der Waals surface area contributed by atoms with E-state index in [-0.39, 0.29) is 6.54 Å². The van der Waals surface area contributed by atoms with E-state index >= 15 is 0 Å². The fraction of sp³-hybridized carbons (Fsp3) is 0.462.